The van der Waals surface area contributed by atoms with E-state index < -0.39 is 10.0 Å². The zero-order valence-corrected chi connectivity index (χ0v) is 19.9. The average molecular weight is 472 g/mol. The monoisotopic (exact) mass is 471 g/mol. The summed E-state index contributed by atoms with van der Waals surface area (Å²) in [6.07, 6.45) is 0.446. The Kier molecular flexibility index (Phi) is 5.67. The quantitative estimate of drug-likeness (QED) is 0.319. The Hall–Kier alpha value is -2.27. The average Bonchev–Trinajstić information content (AvgIpc) is 3.10. The predicted molar refractivity (Wildman–Crippen MR) is 129 cm³/mol. The van der Waals surface area contributed by atoms with Crippen molar-refractivity contribution in [1.82, 2.24) is 3.97 Å². The molecule has 160 valence electrons. The molecule has 0 fully saturated rings. The van der Waals surface area contributed by atoms with Crippen molar-refractivity contribution in [3.8, 4) is 0 Å². The predicted octanol–water partition coefficient (Wildman–Crippen LogP) is 7.07. The second-order valence-corrected chi connectivity index (χ2v) is 11.2. The van der Waals surface area contributed by atoms with E-state index in [1.54, 1.807) is 30.3 Å². The third-order valence-corrected chi connectivity index (χ3v) is 7.95. The molecular weight excluding hydrogens is 449 g/mol. The van der Waals surface area contributed by atoms with Gasteiger partial charge < -0.3 is 0 Å². The van der Waals surface area contributed by atoms with Gasteiger partial charge in [0.25, 0.3) is 10.0 Å². The smallest absolute Gasteiger partial charge is 0.238 e. The third-order valence-electron chi connectivity index (χ3n) is 5.37. The minimum absolute atomic E-state index is 0.173. The van der Waals surface area contributed by atoms with Crippen LogP contribution in [0.1, 0.15) is 37.6 Å². The topological polar surface area (TPSA) is 39.1 Å². The fourth-order valence-corrected chi connectivity index (χ4v) is 5.65. The van der Waals surface area contributed by atoms with E-state index in [1.807, 2.05) is 42.5 Å². The van der Waals surface area contributed by atoms with Crippen molar-refractivity contribution in [2.24, 2.45) is 0 Å². The maximum atomic E-state index is 13.9. The van der Waals surface area contributed by atoms with E-state index in [1.165, 1.54) is 3.97 Å². The van der Waals surface area contributed by atoms with Crippen molar-refractivity contribution in [3.63, 3.8) is 0 Å². The molecule has 3 nitrogen and oxygen atoms in total. The Morgan fingerprint density at radius 1 is 0.871 bits per heavy atom. The van der Waals surface area contributed by atoms with Crippen LogP contribution < -0.4 is 0 Å². The molecule has 0 N–H and O–H groups in total. The maximum absolute atomic E-state index is 13.9. The Morgan fingerprint density at radius 3 is 2.26 bits per heavy atom. The van der Waals surface area contributed by atoms with Gasteiger partial charge in [0.1, 0.15) is 0 Å². The third kappa shape index (κ3) is 4.12. The molecule has 4 rings (SSSR count). The number of aromatic nitrogens is 1. The van der Waals surface area contributed by atoms with E-state index in [4.69, 9.17) is 23.2 Å². The zero-order valence-electron chi connectivity index (χ0n) is 17.6. The van der Waals surface area contributed by atoms with Crippen LogP contribution in [0.25, 0.3) is 10.9 Å². The highest BCUT2D eigenvalue weighted by Gasteiger charge is 2.26. The summed E-state index contributed by atoms with van der Waals surface area (Å²) < 4.78 is 29.2. The van der Waals surface area contributed by atoms with Gasteiger partial charge in [0.15, 0.2) is 0 Å². The van der Waals surface area contributed by atoms with Crippen LogP contribution in [0.3, 0.4) is 0 Å². The lowest BCUT2D eigenvalue weighted by molar-refractivity contribution is 0.580. The normalized spacial score (nSPS) is 12.4. The number of benzene rings is 3. The van der Waals surface area contributed by atoms with Crippen molar-refractivity contribution < 1.29 is 8.42 Å². The highest BCUT2D eigenvalue weighted by Crippen LogP contribution is 2.36. The SMILES string of the molecule is CC(C)(C)c1cccc(S(=O)(=O)n2c(Cc3ccccc3)cc3c(Cl)c(Cl)ccc32)c1. The summed E-state index contributed by atoms with van der Waals surface area (Å²) in [4.78, 5) is 0.248. The molecule has 0 aliphatic carbocycles. The van der Waals surface area contributed by atoms with Crippen LogP contribution in [0.4, 0.5) is 0 Å². The van der Waals surface area contributed by atoms with Crippen molar-refractivity contribution in [2.75, 3.05) is 0 Å². The summed E-state index contributed by atoms with van der Waals surface area (Å²) in [6.45, 7) is 6.19. The van der Waals surface area contributed by atoms with E-state index in [9.17, 15) is 8.42 Å². The van der Waals surface area contributed by atoms with Crippen molar-refractivity contribution in [3.05, 3.63) is 99.7 Å². The molecule has 0 atom stereocenters. The molecule has 0 aliphatic heterocycles. The van der Waals surface area contributed by atoms with Crippen LogP contribution in [-0.4, -0.2) is 12.4 Å². The lowest BCUT2D eigenvalue weighted by Crippen LogP contribution is -2.18. The molecule has 0 spiro atoms. The van der Waals surface area contributed by atoms with E-state index in [0.29, 0.717) is 33.1 Å². The first-order chi connectivity index (χ1) is 14.6. The van der Waals surface area contributed by atoms with Gasteiger partial charge in [-0.05, 0) is 46.9 Å². The molecule has 0 amide bonds. The van der Waals surface area contributed by atoms with E-state index >= 15 is 0 Å². The second kappa shape index (κ2) is 8.01. The summed E-state index contributed by atoms with van der Waals surface area (Å²) in [5.74, 6) is 0. The fourth-order valence-electron chi connectivity index (χ4n) is 3.69. The van der Waals surface area contributed by atoms with Crippen LogP contribution in [0, 0.1) is 0 Å². The van der Waals surface area contributed by atoms with Crippen LogP contribution in [0.15, 0.2) is 77.7 Å². The molecule has 0 saturated carbocycles. The van der Waals surface area contributed by atoms with Gasteiger partial charge in [-0.25, -0.2) is 12.4 Å². The zero-order chi connectivity index (χ0) is 22.4. The van der Waals surface area contributed by atoms with E-state index in [2.05, 4.69) is 20.8 Å². The number of nitrogens with zero attached hydrogens (tertiary/aromatic N) is 1. The molecule has 1 aromatic heterocycles. The van der Waals surface area contributed by atoms with Gasteiger partial charge in [0.05, 0.1) is 20.5 Å². The van der Waals surface area contributed by atoms with Crippen LogP contribution in [0.2, 0.25) is 10.0 Å². The van der Waals surface area contributed by atoms with Gasteiger partial charge in [-0.3, -0.25) is 0 Å². The summed E-state index contributed by atoms with van der Waals surface area (Å²) in [5.41, 5.74) is 2.93. The molecule has 0 radical (unpaired) electrons. The largest absolute Gasteiger partial charge is 0.268 e. The number of hydrogen-bond donors (Lipinski definition) is 0. The maximum Gasteiger partial charge on any atom is 0.268 e. The Bertz CT molecular complexity index is 1370. The lowest BCUT2D eigenvalue weighted by atomic mass is 9.87. The van der Waals surface area contributed by atoms with Gasteiger partial charge in [-0.15, -0.1) is 0 Å². The molecule has 6 heteroatoms. The van der Waals surface area contributed by atoms with Crippen molar-refractivity contribution in [1.29, 1.82) is 0 Å². The van der Waals surface area contributed by atoms with E-state index in [-0.39, 0.29) is 10.3 Å². The van der Waals surface area contributed by atoms with E-state index in [0.717, 1.165) is 11.1 Å². The van der Waals surface area contributed by atoms with Crippen molar-refractivity contribution >= 4 is 44.1 Å². The Balaban J connectivity index is 1.97. The molecule has 31 heavy (non-hydrogen) atoms. The molecule has 1 heterocycles. The second-order valence-electron chi connectivity index (χ2n) is 8.64. The minimum atomic E-state index is -3.87. The summed E-state index contributed by atoms with van der Waals surface area (Å²) in [6, 6.07) is 22.1. The number of halogens is 2. The van der Waals surface area contributed by atoms with Gasteiger partial charge in [-0.2, -0.15) is 0 Å². The standard InChI is InChI=1S/C25H23Cl2NO2S/c1-25(2,3)18-10-7-11-20(15-18)31(29,30)28-19(14-17-8-5-4-6-9-17)16-21-23(28)13-12-22(26)24(21)27/h4-13,15-16H,14H2,1-3H3. The number of rotatable bonds is 4. The molecule has 0 unspecified atom stereocenters. The molecule has 0 bridgehead atoms. The first kappa shape index (κ1) is 21.9. The van der Waals surface area contributed by atoms with Crippen molar-refractivity contribution in [2.45, 2.75) is 37.5 Å². The summed E-state index contributed by atoms with van der Waals surface area (Å²) in [5, 5.41) is 1.37. The molecule has 4 aromatic rings. The summed E-state index contributed by atoms with van der Waals surface area (Å²) in [7, 11) is -3.87. The first-order valence-corrected chi connectivity index (χ1v) is 12.2. The summed E-state index contributed by atoms with van der Waals surface area (Å²) >= 11 is 12.7. The minimum Gasteiger partial charge on any atom is -0.238 e. The van der Waals surface area contributed by atoms with Gasteiger partial charge in [0.2, 0.25) is 0 Å². The number of hydrogen-bond acceptors (Lipinski definition) is 2. The Morgan fingerprint density at radius 2 is 1.58 bits per heavy atom. The molecule has 0 aliphatic rings. The van der Waals surface area contributed by atoms with Crippen LogP contribution in [-0.2, 0) is 21.9 Å². The fraction of sp³-hybridized carbons (Fsp3) is 0.200. The van der Waals surface area contributed by atoms with Crippen LogP contribution >= 0.6 is 23.2 Å². The highest BCUT2D eigenvalue weighted by atomic mass is 35.5. The van der Waals surface area contributed by atoms with Gasteiger partial charge in [-0.1, -0.05) is 86.4 Å². The Labute approximate surface area is 193 Å². The molecule has 0 saturated heterocycles. The lowest BCUT2D eigenvalue weighted by Gasteiger charge is -2.20. The first-order valence-electron chi connectivity index (χ1n) is 9.97. The van der Waals surface area contributed by atoms with Crippen LogP contribution in [0.5, 0.6) is 0 Å². The highest BCUT2D eigenvalue weighted by molar-refractivity contribution is 7.90. The van der Waals surface area contributed by atoms with Gasteiger partial charge in [0, 0.05) is 17.5 Å². The molecule has 3 aromatic carbocycles. The number of fused-ring (bicyclic) bond motifs is 1. The molecular formula is C25H23Cl2NO2S. The van der Waals surface area contributed by atoms with Gasteiger partial charge >= 0.3 is 0 Å².